The molecule has 1 amide bonds. The highest BCUT2D eigenvalue weighted by Crippen LogP contribution is 2.13. The number of ether oxygens (including phenoxy) is 2. The molecule has 0 saturated heterocycles. The van der Waals surface area contributed by atoms with Crippen molar-refractivity contribution < 1.29 is 19.1 Å². The number of benzene rings is 1. The summed E-state index contributed by atoms with van der Waals surface area (Å²) in [6.45, 7) is 7.89. The van der Waals surface area contributed by atoms with Crippen molar-refractivity contribution in [2.75, 3.05) is 18.6 Å². The smallest absolute Gasteiger partial charge is 0.335 e. The van der Waals surface area contributed by atoms with E-state index < -0.39 is 18.2 Å². The SMILES string of the molecule is CC(C)CCOC(C)C(=O)OC(C)C(=O)N(C)c1ccccc1. The lowest BCUT2D eigenvalue weighted by Crippen LogP contribution is -2.39. The first-order valence-electron chi connectivity index (χ1n) is 7.97. The van der Waals surface area contributed by atoms with Gasteiger partial charge in [0.2, 0.25) is 0 Å². The van der Waals surface area contributed by atoms with Gasteiger partial charge in [0.1, 0.15) is 0 Å². The molecule has 1 rings (SSSR count). The molecular formula is C18H27NO4. The molecule has 0 N–H and O–H groups in total. The number of hydrogen-bond acceptors (Lipinski definition) is 4. The van der Waals surface area contributed by atoms with Gasteiger partial charge in [0.05, 0.1) is 0 Å². The Labute approximate surface area is 138 Å². The van der Waals surface area contributed by atoms with Crippen LogP contribution in [0.3, 0.4) is 0 Å². The number of nitrogens with zero attached hydrogens (tertiary/aromatic N) is 1. The van der Waals surface area contributed by atoms with E-state index in [1.165, 1.54) is 4.90 Å². The summed E-state index contributed by atoms with van der Waals surface area (Å²) in [6, 6.07) is 9.22. The van der Waals surface area contributed by atoms with Gasteiger partial charge in [-0.05, 0) is 38.3 Å². The lowest BCUT2D eigenvalue weighted by molar-refractivity contribution is -0.164. The van der Waals surface area contributed by atoms with Gasteiger partial charge in [0, 0.05) is 19.3 Å². The van der Waals surface area contributed by atoms with Gasteiger partial charge in [-0.25, -0.2) is 4.79 Å². The monoisotopic (exact) mass is 321 g/mol. The fourth-order valence-electron chi connectivity index (χ4n) is 1.92. The predicted molar refractivity (Wildman–Crippen MR) is 90.3 cm³/mol. The fourth-order valence-corrected chi connectivity index (χ4v) is 1.92. The predicted octanol–water partition coefficient (Wildman–Crippen LogP) is 3.03. The van der Waals surface area contributed by atoms with Crippen molar-refractivity contribution in [2.24, 2.45) is 5.92 Å². The van der Waals surface area contributed by atoms with Crippen LogP contribution >= 0.6 is 0 Å². The molecule has 0 bridgehead atoms. The van der Waals surface area contributed by atoms with Crippen LogP contribution in [0.25, 0.3) is 0 Å². The Kier molecular flexibility index (Phi) is 7.75. The maximum atomic E-state index is 12.3. The molecule has 5 nitrogen and oxygen atoms in total. The zero-order valence-electron chi connectivity index (χ0n) is 14.6. The summed E-state index contributed by atoms with van der Waals surface area (Å²) < 4.78 is 10.7. The van der Waals surface area contributed by atoms with Crippen molar-refractivity contribution >= 4 is 17.6 Å². The third kappa shape index (κ3) is 6.40. The first-order chi connectivity index (χ1) is 10.8. The maximum absolute atomic E-state index is 12.3. The van der Waals surface area contributed by atoms with Crippen LogP contribution in [-0.2, 0) is 19.1 Å². The van der Waals surface area contributed by atoms with Gasteiger partial charge in [-0.1, -0.05) is 32.0 Å². The highest BCUT2D eigenvalue weighted by Gasteiger charge is 2.25. The van der Waals surface area contributed by atoms with Gasteiger partial charge in [-0.2, -0.15) is 0 Å². The van der Waals surface area contributed by atoms with Crippen molar-refractivity contribution in [1.82, 2.24) is 0 Å². The summed E-state index contributed by atoms with van der Waals surface area (Å²) in [7, 11) is 1.66. The van der Waals surface area contributed by atoms with Crippen LogP contribution in [0, 0.1) is 5.92 Å². The van der Waals surface area contributed by atoms with Crippen molar-refractivity contribution in [1.29, 1.82) is 0 Å². The number of esters is 1. The molecule has 0 aliphatic rings. The summed E-state index contributed by atoms with van der Waals surface area (Å²) in [4.78, 5) is 25.8. The van der Waals surface area contributed by atoms with E-state index >= 15 is 0 Å². The van der Waals surface area contributed by atoms with Crippen LogP contribution in [0.2, 0.25) is 0 Å². The Morgan fingerprint density at radius 2 is 1.65 bits per heavy atom. The zero-order chi connectivity index (χ0) is 17.4. The van der Waals surface area contributed by atoms with E-state index in [1.54, 1.807) is 20.9 Å². The average molecular weight is 321 g/mol. The van der Waals surface area contributed by atoms with Crippen molar-refractivity contribution in [3.63, 3.8) is 0 Å². The summed E-state index contributed by atoms with van der Waals surface area (Å²) in [6.07, 6.45) is -0.655. The zero-order valence-corrected chi connectivity index (χ0v) is 14.6. The number of hydrogen-bond donors (Lipinski definition) is 0. The molecule has 0 aliphatic carbocycles. The summed E-state index contributed by atoms with van der Waals surface area (Å²) in [5.41, 5.74) is 0.752. The van der Waals surface area contributed by atoms with Gasteiger partial charge >= 0.3 is 5.97 Å². The summed E-state index contributed by atoms with van der Waals surface area (Å²) >= 11 is 0. The molecule has 0 heterocycles. The van der Waals surface area contributed by atoms with E-state index in [4.69, 9.17) is 9.47 Å². The quantitative estimate of drug-likeness (QED) is 0.691. The molecule has 128 valence electrons. The van der Waals surface area contributed by atoms with Crippen LogP contribution < -0.4 is 4.90 Å². The molecule has 0 saturated carbocycles. The Hall–Kier alpha value is -1.88. The molecule has 0 radical (unpaired) electrons. The fraction of sp³-hybridized carbons (Fsp3) is 0.556. The van der Waals surface area contributed by atoms with Crippen molar-refractivity contribution in [2.45, 2.75) is 46.3 Å². The Bertz CT molecular complexity index is 501. The number of anilines is 1. The van der Waals surface area contributed by atoms with Crippen LogP contribution in [0.15, 0.2) is 30.3 Å². The number of carbonyl (C=O) groups is 2. The minimum absolute atomic E-state index is 0.279. The Morgan fingerprint density at radius 3 is 2.22 bits per heavy atom. The summed E-state index contributed by atoms with van der Waals surface area (Å²) in [5, 5.41) is 0. The van der Waals surface area contributed by atoms with Crippen LogP contribution in [0.5, 0.6) is 0 Å². The molecule has 23 heavy (non-hydrogen) atoms. The number of likely N-dealkylation sites (N-methyl/N-ethyl adjacent to an activating group) is 1. The molecular weight excluding hydrogens is 294 g/mol. The second-order valence-corrected chi connectivity index (χ2v) is 6.01. The molecule has 0 aromatic heterocycles. The van der Waals surface area contributed by atoms with Crippen molar-refractivity contribution in [3.8, 4) is 0 Å². The van der Waals surface area contributed by atoms with Gasteiger partial charge in [0.15, 0.2) is 12.2 Å². The van der Waals surface area contributed by atoms with Gasteiger partial charge < -0.3 is 14.4 Å². The van der Waals surface area contributed by atoms with Crippen LogP contribution in [-0.4, -0.2) is 37.7 Å². The number of rotatable bonds is 8. The average Bonchev–Trinajstić information content (AvgIpc) is 2.53. The lowest BCUT2D eigenvalue weighted by Gasteiger charge is -2.22. The molecule has 5 heteroatoms. The summed E-state index contributed by atoms with van der Waals surface area (Å²) in [5.74, 6) is -0.284. The molecule has 0 spiro atoms. The van der Waals surface area contributed by atoms with E-state index in [2.05, 4.69) is 13.8 Å². The molecule has 2 unspecified atom stereocenters. The minimum Gasteiger partial charge on any atom is -0.451 e. The molecule has 1 aromatic rings. The molecule has 0 fully saturated rings. The third-order valence-electron chi connectivity index (χ3n) is 3.51. The van der Waals surface area contributed by atoms with E-state index in [0.29, 0.717) is 12.5 Å². The van der Waals surface area contributed by atoms with E-state index in [-0.39, 0.29) is 5.91 Å². The first-order valence-corrected chi connectivity index (χ1v) is 7.97. The maximum Gasteiger partial charge on any atom is 0.335 e. The van der Waals surface area contributed by atoms with Crippen LogP contribution in [0.1, 0.15) is 34.1 Å². The third-order valence-corrected chi connectivity index (χ3v) is 3.51. The van der Waals surface area contributed by atoms with E-state index in [0.717, 1.165) is 12.1 Å². The first kappa shape index (κ1) is 19.2. The van der Waals surface area contributed by atoms with Gasteiger partial charge in [0.25, 0.3) is 5.91 Å². The topological polar surface area (TPSA) is 55.8 Å². The second-order valence-electron chi connectivity index (χ2n) is 6.01. The highest BCUT2D eigenvalue weighted by atomic mass is 16.6. The van der Waals surface area contributed by atoms with Gasteiger partial charge in [-0.3, -0.25) is 4.79 Å². The Balaban J connectivity index is 2.49. The van der Waals surface area contributed by atoms with Crippen LogP contribution in [0.4, 0.5) is 5.69 Å². The van der Waals surface area contributed by atoms with Crippen molar-refractivity contribution in [3.05, 3.63) is 30.3 Å². The second kappa shape index (κ2) is 9.30. The van der Waals surface area contributed by atoms with E-state index in [9.17, 15) is 9.59 Å². The number of carbonyl (C=O) groups excluding carboxylic acids is 2. The van der Waals surface area contributed by atoms with Gasteiger partial charge in [-0.15, -0.1) is 0 Å². The van der Waals surface area contributed by atoms with E-state index in [1.807, 2.05) is 30.3 Å². The number of amides is 1. The largest absolute Gasteiger partial charge is 0.451 e. The lowest BCUT2D eigenvalue weighted by atomic mass is 10.1. The highest BCUT2D eigenvalue weighted by molar-refractivity contribution is 5.97. The number of para-hydroxylation sites is 1. The standard InChI is InChI=1S/C18H27NO4/c1-13(2)11-12-22-15(4)18(21)23-14(3)17(20)19(5)16-9-7-6-8-10-16/h6-10,13-15H,11-12H2,1-5H3. The molecule has 0 aliphatic heterocycles. The Morgan fingerprint density at radius 1 is 1.04 bits per heavy atom. The normalized spacial score (nSPS) is 13.5. The molecule has 2 atom stereocenters. The molecule has 1 aromatic carbocycles. The minimum atomic E-state index is -0.858.